The lowest BCUT2D eigenvalue weighted by atomic mass is 9.86. The van der Waals surface area contributed by atoms with Gasteiger partial charge in [0.2, 0.25) is 11.3 Å². The first-order chi connectivity index (χ1) is 7.51. The van der Waals surface area contributed by atoms with E-state index in [1.807, 2.05) is 0 Å². The standard InChI is InChI=1S/C10H7F7/c1-7(12)9(14,15)5-3-2-4-6(11)8(5,13)10(7,16)17/h2-4,6H,1H3. The van der Waals surface area contributed by atoms with Crippen LogP contribution in [0, 0.1) is 0 Å². The fraction of sp³-hybridized carbons (Fsp3) is 0.600. The highest BCUT2D eigenvalue weighted by atomic mass is 19.3. The number of fused-ring (bicyclic) bond motifs is 1. The van der Waals surface area contributed by atoms with Gasteiger partial charge in [-0.3, -0.25) is 0 Å². The molecule has 0 aliphatic heterocycles. The zero-order chi connectivity index (χ0) is 13.3. The van der Waals surface area contributed by atoms with E-state index >= 15 is 0 Å². The molecule has 0 nitrogen and oxygen atoms in total. The number of allylic oxidation sites excluding steroid dienone is 4. The molecule has 0 spiro atoms. The van der Waals surface area contributed by atoms with Gasteiger partial charge in [0.15, 0.2) is 6.17 Å². The SMILES string of the molecule is CC1(F)C(F)(F)C2=CC=CC(F)C2(F)C1(F)F. The Morgan fingerprint density at radius 2 is 1.59 bits per heavy atom. The van der Waals surface area contributed by atoms with Gasteiger partial charge in [-0.15, -0.1) is 0 Å². The largest absolute Gasteiger partial charge is 0.328 e. The summed E-state index contributed by atoms with van der Waals surface area (Å²) in [7, 11) is 0. The molecule has 2 rings (SSSR count). The van der Waals surface area contributed by atoms with E-state index in [0.29, 0.717) is 18.2 Å². The van der Waals surface area contributed by atoms with Gasteiger partial charge in [0.05, 0.1) is 0 Å². The summed E-state index contributed by atoms with van der Waals surface area (Å²) in [5, 5.41) is 0. The summed E-state index contributed by atoms with van der Waals surface area (Å²) in [4.78, 5) is 0. The second kappa shape index (κ2) is 2.87. The van der Waals surface area contributed by atoms with E-state index in [0.717, 1.165) is 0 Å². The average Bonchev–Trinajstić information content (AvgIpc) is 2.27. The monoisotopic (exact) mass is 260 g/mol. The Kier molecular flexibility index (Phi) is 2.10. The predicted octanol–water partition coefficient (Wildman–Crippen LogP) is 3.54. The van der Waals surface area contributed by atoms with Crippen molar-refractivity contribution in [3.05, 3.63) is 23.8 Å². The predicted molar refractivity (Wildman–Crippen MR) is 45.4 cm³/mol. The summed E-state index contributed by atoms with van der Waals surface area (Å²) in [6, 6.07) is 0. The number of rotatable bonds is 0. The van der Waals surface area contributed by atoms with Gasteiger partial charge >= 0.3 is 11.8 Å². The van der Waals surface area contributed by atoms with Gasteiger partial charge in [-0.2, -0.15) is 17.6 Å². The van der Waals surface area contributed by atoms with Crippen molar-refractivity contribution in [3.63, 3.8) is 0 Å². The van der Waals surface area contributed by atoms with E-state index < -0.39 is 34.9 Å². The van der Waals surface area contributed by atoms with Crippen LogP contribution in [0.5, 0.6) is 0 Å². The van der Waals surface area contributed by atoms with Gasteiger partial charge in [0.1, 0.15) is 0 Å². The van der Waals surface area contributed by atoms with Crippen molar-refractivity contribution < 1.29 is 30.7 Å². The quantitative estimate of drug-likeness (QED) is 0.584. The van der Waals surface area contributed by atoms with Crippen molar-refractivity contribution in [2.75, 3.05) is 0 Å². The highest BCUT2D eigenvalue weighted by Crippen LogP contribution is 2.66. The van der Waals surface area contributed by atoms with E-state index in [-0.39, 0.29) is 6.92 Å². The highest BCUT2D eigenvalue weighted by molar-refractivity contribution is 5.49. The molecule has 1 saturated carbocycles. The maximum Gasteiger partial charge on any atom is 0.328 e. The van der Waals surface area contributed by atoms with Crippen LogP contribution >= 0.6 is 0 Å². The van der Waals surface area contributed by atoms with Gasteiger partial charge in [-0.25, -0.2) is 13.2 Å². The van der Waals surface area contributed by atoms with Gasteiger partial charge in [0.25, 0.3) is 0 Å². The molecular formula is C10H7F7. The summed E-state index contributed by atoms with van der Waals surface area (Å²) in [5.41, 5.74) is -10.7. The zero-order valence-corrected chi connectivity index (χ0v) is 8.46. The van der Waals surface area contributed by atoms with E-state index in [1.54, 1.807) is 0 Å². The molecule has 0 aromatic rings. The van der Waals surface area contributed by atoms with Crippen molar-refractivity contribution in [3.8, 4) is 0 Å². The van der Waals surface area contributed by atoms with E-state index in [2.05, 4.69) is 0 Å². The third-order valence-corrected chi connectivity index (χ3v) is 3.29. The molecule has 0 N–H and O–H groups in total. The van der Waals surface area contributed by atoms with Crippen molar-refractivity contribution >= 4 is 0 Å². The summed E-state index contributed by atoms with van der Waals surface area (Å²) < 4.78 is 94.4. The molecule has 0 bridgehead atoms. The maximum atomic E-state index is 14.0. The maximum absolute atomic E-state index is 14.0. The van der Waals surface area contributed by atoms with Crippen LogP contribution in [0.1, 0.15) is 6.92 Å². The second-order valence-corrected chi connectivity index (χ2v) is 4.23. The van der Waals surface area contributed by atoms with Crippen LogP contribution in [0.2, 0.25) is 0 Å². The molecular weight excluding hydrogens is 253 g/mol. The molecule has 17 heavy (non-hydrogen) atoms. The van der Waals surface area contributed by atoms with Gasteiger partial charge < -0.3 is 0 Å². The first-order valence-corrected chi connectivity index (χ1v) is 4.68. The molecule has 96 valence electrons. The molecule has 0 saturated heterocycles. The topological polar surface area (TPSA) is 0 Å². The van der Waals surface area contributed by atoms with Crippen molar-refractivity contribution in [2.24, 2.45) is 0 Å². The average molecular weight is 260 g/mol. The van der Waals surface area contributed by atoms with Crippen molar-refractivity contribution in [1.29, 1.82) is 0 Å². The number of alkyl halides is 7. The molecule has 0 heterocycles. The Balaban J connectivity index is 2.76. The lowest BCUT2D eigenvalue weighted by molar-refractivity contribution is -0.225. The van der Waals surface area contributed by atoms with Crippen LogP contribution in [0.25, 0.3) is 0 Å². The van der Waals surface area contributed by atoms with Crippen LogP contribution in [0.3, 0.4) is 0 Å². The Morgan fingerprint density at radius 3 is 2.06 bits per heavy atom. The molecule has 0 aromatic carbocycles. The van der Waals surface area contributed by atoms with Gasteiger partial charge in [0, 0.05) is 5.57 Å². The molecule has 0 aromatic heterocycles. The normalized spacial score (nSPS) is 46.6. The summed E-state index contributed by atoms with van der Waals surface area (Å²) in [6.07, 6.45) is -1.69. The van der Waals surface area contributed by atoms with E-state index in [4.69, 9.17) is 0 Å². The Hall–Kier alpha value is -1.01. The molecule has 2 aliphatic rings. The van der Waals surface area contributed by atoms with Crippen LogP contribution in [-0.4, -0.2) is 29.4 Å². The number of halogens is 7. The Labute approximate surface area is 91.8 Å². The van der Waals surface area contributed by atoms with Crippen molar-refractivity contribution in [1.82, 2.24) is 0 Å². The van der Waals surface area contributed by atoms with Crippen LogP contribution in [-0.2, 0) is 0 Å². The molecule has 1 fully saturated rings. The molecule has 3 unspecified atom stereocenters. The molecule has 0 radical (unpaired) electrons. The summed E-state index contributed by atoms with van der Waals surface area (Å²) >= 11 is 0. The summed E-state index contributed by atoms with van der Waals surface area (Å²) in [6.45, 7) is -0.125. The molecule has 0 amide bonds. The minimum Gasteiger partial charge on any atom is -0.239 e. The first kappa shape index (κ1) is 12.4. The van der Waals surface area contributed by atoms with Crippen LogP contribution in [0.15, 0.2) is 23.8 Å². The fourth-order valence-electron chi connectivity index (χ4n) is 2.12. The molecule has 2 aliphatic carbocycles. The van der Waals surface area contributed by atoms with Gasteiger partial charge in [-0.1, -0.05) is 12.2 Å². The second-order valence-electron chi connectivity index (χ2n) is 4.23. The van der Waals surface area contributed by atoms with E-state index in [1.165, 1.54) is 0 Å². The Morgan fingerprint density at radius 1 is 1.06 bits per heavy atom. The zero-order valence-electron chi connectivity index (χ0n) is 8.46. The smallest absolute Gasteiger partial charge is 0.239 e. The third-order valence-electron chi connectivity index (χ3n) is 3.29. The minimum absolute atomic E-state index is 0.125. The van der Waals surface area contributed by atoms with E-state index in [9.17, 15) is 30.7 Å². The van der Waals surface area contributed by atoms with Crippen LogP contribution in [0.4, 0.5) is 30.7 Å². The number of hydrogen-bond acceptors (Lipinski definition) is 0. The fourth-order valence-corrected chi connectivity index (χ4v) is 2.12. The first-order valence-electron chi connectivity index (χ1n) is 4.68. The summed E-state index contributed by atoms with van der Waals surface area (Å²) in [5.74, 6) is -9.92. The minimum atomic E-state index is -5.15. The Bertz CT molecular complexity index is 420. The molecule has 3 atom stereocenters. The molecule has 7 heteroatoms. The van der Waals surface area contributed by atoms with Gasteiger partial charge in [-0.05, 0) is 13.0 Å². The highest BCUT2D eigenvalue weighted by Gasteiger charge is 2.88. The van der Waals surface area contributed by atoms with Crippen molar-refractivity contribution in [2.45, 2.75) is 36.3 Å². The lowest BCUT2D eigenvalue weighted by Gasteiger charge is -2.32. The van der Waals surface area contributed by atoms with Crippen LogP contribution < -0.4 is 0 Å². The third kappa shape index (κ3) is 1.01. The lowest BCUT2D eigenvalue weighted by Crippen LogP contribution is -2.56. The number of hydrogen-bond donors (Lipinski definition) is 0.